The molecule has 0 atom stereocenters. The smallest absolute Gasteiger partial charge is 0.238 e. The van der Waals surface area contributed by atoms with Crippen LogP contribution in [0.3, 0.4) is 0 Å². The number of ether oxygens (including phenoxy) is 1. The van der Waals surface area contributed by atoms with Gasteiger partial charge in [0.15, 0.2) is 5.82 Å². The molecule has 0 unspecified atom stereocenters. The standard InChI is InChI=1S/C10H12N4O/c1-7-5-6-14(13-7)9-4-3-8(11)10(12-9)15-2/h3-6H,11H2,1-2H3. The quantitative estimate of drug-likeness (QED) is 0.797. The molecule has 0 aliphatic carbocycles. The molecule has 0 fully saturated rings. The Balaban J connectivity index is 2.45. The van der Waals surface area contributed by atoms with Crippen LogP contribution in [0.25, 0.3) is 5.82 Å². The molecule has 15 heavy (non-hydrogen) atoms. The first kappa shape index (κ1) is 9.51. The normalized spacial score (nSPS) is 10.3. The van der Waals surface area contributed by atoms with E-state index in [9.17, 15) is 0 Å². The fourth-order valence-electron chi connectivity index (χ4n) is 1.28. The fraction of sp³-hybridized carbons (Fsp3) is 0.200. The first-order valence-corrected chi connectivity index (χ1v) is 4.54. The second kappa shape index (κ2) is 3.61. The molecule has 2 heterocycles. The molecule has 0 saturated carbocycles. The van der Waals surface area contributed by atoms with Crippen LogP contribution in [-0.2, 0) is 0 Å². The Hall–Kier alpha value is -2.04. The van der Waals surface area contributed by atoms with Crippen molar-refractivity contribution in [2.24, 2.45) is 0 Å². The van der Waals surface area contributed by atoms with E-state index in [4.69, 9.17) is 10.5 Å². The van der Waals surface area contributed by atoms with Crippen LogP contribution in [0, 0.1) is 6.92 Å². The van der Waals surface area contributed by atoms with Gasteiger partial charge >= 0.3 is 0 Å². The maximum atomic E-state index is 5.67. The second-order valence-corrected chi connectivity index (χ2v) is 3.17. The zero-order valence-corrected chi connectivity index (χ0v) is 8.64. The summed E-state index contributed by atoms with van der Waals surface area (Å²) in [5, 5.41) is 4.24. The van der Waals surface area contributed by atoms with E-state index >= 15 is 0 Å². The van der Waals surface area contributed by atoms with Crippen molar-refractivity contribution in [2.75, 3.05) is 12.8 Å². The molecule has 0 saturated heterocycles. The van der Waals surface area contributed by atoms with E-state index in [1.165, 1.54) is 7.11 Å². The lowest BCUT2D eigenvalue weighted by atomic mass is 10.4. The number of anilines is 1. The van der Waals surface area contributed by atoms with Crippen LogP contribution in [0.1, 0.15) is 5.69 Å². The van der Waals surface area contributed by atoms with Crippen LogP contribution in [-0.4, -0.2) is 21.9 Å². The second-order valence-electron chi connectivity index (χ2n) is 3.17. The average molecular weight is 204 g/mol. The van der Waals surface area contributed by atoms with Crippen LogP contribution < -0.4 is 10.5 Å². The number of hydrogen-bond acceptors (Lipinski definition) is 4. The van der Waals surface area contributed by atoms with Gasteiger partial charge in [-0.15, -0.1) is 0 Å². The third kappa shape index (κ3) is 1.76. The molecule has 2 aromatic heterocycles. The summed E-state index contributed by atoms with van der Waals surface area (Å²) in [4.78, 5) is 4.23. The molecule has 0 aromatic carbocycles. The Morgan fingerprint density at radius 2 is 2.13 bits per heavy atom. The number of nitrogen functional groups attached to an aromatic ring is 1. The molecule has 2 aromatic rings. The van der Waals surface area contributed by atoms with E-state index < -0.39 is 0 Å². The highest BCUT2D eigenvalue weighted by atomic mass is 16.5. The van der Waals surface area contributed by atoms with E-state index in [1.807, 2.05) is 19.2 Å². The molecule has 0 aliphatic rings. The van der Waals surface area contributed by atoms with Gasteiger partial charge in [-0.25, -0.2) is 4.68 Å². The third-order valence-electron chi connectivity index (χ3n) is 2.03. The summed E-state index contributed by atoms with van der Waals surface area (Å²) >= 11 is 0. The van der Waals surface area contributed by atoms with Gasteiger partial charge in [-0.3, -0.25) is 0 Å². The number of nitrogens with two attached hydrogens (primary N) is 1. The lowest BCUT2D eigenvalue weighted by Crippen LogP contribution is -2.02. The van der Waals surface area contributed by atoms with E-state index in [0.717, 1.165) is 5.69 Å². The van der Waals surface area contributed by atoms with Gasteiger partial charge < -0.3 is 10.5 Å². The molecule has 5 heteroatoms. The highest BCUT2D eigenvalue weighted by molar-refractivity contribution is 5.50. The maximum absolute atomic E-state index is 5.67. The van der Waals surface area contributed by atoms with Crippen LogP contribution in [0.15, 0.2) is 24.4 Å². The van der Waals surface area contributed by atoms with Crippen molar-refractivity contribution in [1.29, 1.82) is 0 Å². The van der Waals surface area contributed by atoms with Gasteiger partial charge in [-0.05, 0) is 25.1 Å². The zero-order chi connectivity index (χ0) is 10.8. The molecule has 0 spiro atoms. The van der Waals surface area contributed by atoms with Crippen LogP contribution in [0.4, 0.5) is 5.69 Å². The van der Waals surface area contributed by atoms with Crippen LogP contribution in [0.5, 0.6) is 5.88 Å². The lowest BCUT2D eigenvalue weighted by molar-refractivity contribution is 0.399. The molecule has 0 radical (unpaired) electrons. The van der Waals surface area contributed by atoms with Crippen molar-refractivity contribution in [3.8, 4) is 11.7 Å². The summed E-state index contributed by atoms with van der Waals surface area (Å²) in [7, 11) is 1.54. The fourth-order valence-corrected chi connectivity index (χ4v) is 1.28. The highest BCUT2D eigenvalue weighted by Crippen LogP contribution is 2.19. The van der Waals surface area contributed by atoms with Gasteiger partial charge in [-0.2, -0.15) is 10.1 Å². The average Bonchev–Trinajstić information content (AvgIpc) is 2.66. The molecular weight excluding hydrogens is 192 g/mol. The summed E-state index contributed by atoms with van der Waals surface area (Å²) in [5.74, 6) is 1.11. The highest BCUT2D eigenvalue weighted by Gasteiger charge is 2.04. The van der Waals surface area contributed by atoms with Crippen molar-refractivity contribution in [1.82, 2.24) is 14.8 Å². The molecule has 78 valence electrons. The Labute approximate surface area is 87.5 Å². The molecule has 2 rings (SSSR count). The molecular formula is C10H12N4O. The Morgan fingerprint density at radius 3 is 2.73 bits per heavy atom. The van der Waals surface area contributed by atoms with Gasteiger partial charge in [0.05, 0.1) is 18.5 Å². The van der Waals surface area contributed by atoms with Gasteiger partial charge in [0.1, 0.15) is 0 Å². The van der Waals surface area contributed by atoms with Crippen molar-refractivity contribution < 1.29 is 4.74 Å². The minimum absolute atomic E-state index is 0.417. The van der Waals surface area contributed by atoms with E-state index in [2.05, 4.69) is 10.1 Å². The summed E-state index contributed by atoms with van der Waals surface area (Å²) in [6.45, 7) is 1.92. The summed E-state index contributed by atoms with van der Waals surface area (Å²) in [6.07, 6.45) is 1.84. The Kier molecular flexibility index (Phi) is 2.29. The number of pyridine rings is 1. The number of methoxy groups -OCH3 is 1. The molecule has 5 nitrogen and oxygen atoms in total. The number of nitrogens with zero attached hydrogens (tertiary/aromatic N) is 3. The first-order valence-electron chi connectivity index (χ1n) is 4.54. The van der Waals surface area contributed by atoms with Gasteiger partial charge in [0.2, 0.25) is 5.88 Å². The van der Waals surface area contributed by atoms with Crippen molar-refractivity contribution >= 4 is 5.69 Å². The molecule has 2 N–H and O–H groups in total. The van der Waals surface area contributed by atoms with Crippen molar-refractivity contribution in [2.45, 2.75) is 6.92 Å². The molecule has 0 amide bonds. The minimum Gasteiger partial charge on any atom is -0.479 e. The minimum atomic E-state index is 0.417. The Bertz CT molecular complexity index is 478. The monoisotopic (exact) mass is 204 g/mol. The van der Waals surface area contributed by atoms with Crippen LogP contribution >= 0.6 is 0 Å². The number of rotatable bonds is 2. The maximum Gasteiger partial charge on any atom is 0.238 e. The van der Waals surface area contributed by atoms with Crippen molar-refractivity contribution in [3.63, 3.8) is 0 Å². The van der Waals surface area contributed by atoms with E-state index in [0.29, 0.717) is 17.4 Å². The third-order valence-corrected chi connectivity index (χ3v) is 2.03. The first-order chi connectivity index (χ1) is 7.20. The Morgan fingerprint density at radius 1 is 1.33 bits per heavy atom. The van der Waals surface area contributed by atoms with E-state index in [-0.39, 0.29) is 0 Å². The largest absolute Gasteiger partial charge is 0.479 e. The molecule has 0 bridgehead atoms. The topological polar surface area (TPSA) is 66.0 Å². The number of aryl methyl sites for hydroxylation is 1. The predicted molar refractivity (Wildman–Crippen MR) is 57.1 cm³/mol. The predicted octanol–water partition coefficient (Wildman–Crippen LogP) is 1.17. The van der Waals surface area contributed by atoms with E-state index in [1.54, 1.807) is 16.8 Å². The van der Waals surface area contributed by atoms with Crippen LogP contribution in [0.2, 0.25) is 0 Å². The van der Waals surface area contributed by atoms with Gasteiger partial charge in [-0.1, -0.05) is 0 Å². The zero-order valence-electron chi connectivity index (χ0n) is 8.64. The van der Waals surface area contributed by atoms with Gasteiger partial charge in [0.25, 0.3) is 0 Å². The van der Waals surface area contributed by atoms with Gasteiger partial charge in [0, 0.05) is 6.20 Å². The SMILES string of the molecule is COc1nc(-n2ccc(C)n2)ccc1N. The summed E-state index contributed by atoms with van der Waals surface area (Å²) in [5.41, 5.74) is 7.12. The van der Waals surface area contributed by atoms with Crippen molar-refractivity contribution in [3.05, 3.63) is 30.1 Å². The summed E-state index contributed by atoms with van der Waals surface area (Å²) < 4.78 is 6.71. The number of aromatic nitrogens is 3. The molecule has 0 aliphatic heterocycles. The number of hydrogen-bond donors (Lipinski definition) is 1. The lowest BCUT2D eigenvalue weighted by Gasteiger charge is -2.05. The summed E-state index contributed by atoms with van der Waals surface area (Å²) in [6, 6.07) is 5.45.